The fourth-order valence-corrected chi connectivity index (χ4v) is 3.78. The van der Waals surface area contributed by atoms with Gasteiger partial charge in [-0.2, -0.15) is 0 Å². The van der Waals surface area contributed by atoms with Crippen LogP contribution in [0.25, 0.3) is 6.08 Å². The molecule has 10 heteroatoms. The lowest BCUT2D eigenvalue weighted by molar-refractivity contribution is -0.134. The van der Waals surface area contributed by atoms with Gasteiger partial charge >= 0.3 is 5.97 Å². The summed E-state index contributed by atoms with van der Waals surface area (Å²) < 4.78 is 40.1. The van der Waals surface area contributed by atoms with Crippen molar-refractivity contribution in [3.63, 3.8) is 0 Å². The van der Waals surface area contributed by atoms with Crippen LogP contribution in [0.4, 0.5) is 0 Å². The molecule has 8 nitrogen and oxygen atoms in total. The lowest BCUT2D eigenvalue weighted by Gasteiger charge is -2.10. The van der Waals surface area contributed by atoms with E-state index in [1.807, 2.05) is 0 Å². The molecule has 2 rings (SSSR count). The third kappa shape index (κ3) is 7.62. The summed E-state index contributed by atoms with van der Waals surface area (Å²) in [6, 6.07) is 8.55. The Kier molecular flexibility index (Phi) is 8.58. The molecule has 0 saturated carbocycles. The molecular weight excluding hydrogens is 430 g/mol. The van der Waals surface area contributed by atoms with E-state index in [0.717, 1.165) is 11.1 Å². The van der Waals surface area contributed by atoms with Gasteiger partial charge in [0.1, 0.15) is 0 Å². The standard InChI is InChI=1S/C20H23NO7S2/c1-26-18-12-14(5-9-20(23)27-2)4-7-17(18)28-13-16(22)19-8-6-15(29-19)10-11-21-30(3,24)25/h4-9,12,21H,10-11,13H2,1-3H3/b9-5+. The molecule has 0 amide bonds. The first-order valence-electron chi connectivity index (χ1n) is 8.85. The number of hydrogen-bond donors (Lipinski definition) is 1. The van der Waals surface area contributed by atoms with E-state index < -0.39 is 16.0 Å². The number of methoxy groups -OCH3 is 2. The molecule has 0 aliphatic carbocycles. The van der Waals surface area contributed by atoms with Gasteiger partial charge < -0.3 is 14.2 Å². The van der Waals surface area contributed by atoms with Crippen molar-refractivity contribution in [3.05, 3.63) is 51.7 Å². The van der Waals surface area contributed by atoms with Gasteiger partial charge in [-0.15, -0.1) is 11.3 Å². The van der Waals surface area contributed by atoms with Crippen molar-refractivity contribution in [3.8, 4) is 11.5 Å². The minimum absolute atomic E-state index is 0.171. The molecule has 0 spiro atoms. The molecule has 0 aliphatic rings. The largest absolute Gasteiger partial charge is 0.493 e. The van der Waals surface area contributed by atoms with Crippen molar-refractivity contribution in [1.82, 2.24) is 4.72 Å². The average Bonchev–Trinajstić information content (AvgIpc) is 3.18. The molecule has 162 valence electrons. The molecule has 1 aromatic carbocycles. The van der Waals surface area contributed by atoms with E-state index in [2.05, 4.69) is 9.46 Å². The van der Waals surface area contributed by atoms with Crippen molar-refractivity contribution in [2.45, 2.75) is 6.42 Å². The Hall–Kier alpha value is -2.69. The van der Waals surface area contributed by atoms with Gasteiger partial charge in [0.2, 0.25) is 15.8 Å². The van der Waals surface area contributed by atoms with Crippen molar-refractivity contribution in [2.75, 3.05) is 33.6 Å². The van der Waals surface area contributed by atoms with Crippen molar-refractivity contribution >= 4 is 39.2 Å². The van der Waals surface area contributed by atoms with Crippen molar-refractivity contribution in [1.29, 1.82) is 0 Å². The fourth-order valence-electron chi connectivity index (χ4n) is 2.38. The molecule has 30 heavy (non-hydrogen) atoms. The summed E-state index contributed by atoms with van der Waals surface area (Å²) in [7, 11) is -0.458. The second kappa shape index (κ2) is 10.9. The Morgan fingerprint density at radius 3 is 2.57 bits per heavy atom. The average molecular weight is 454 g/mol. The minimum atomic E-state index is -3.23. The molecule has 0 atom stereocenters. The Bertz CT molecular complexity index is 1030. The van der Waals surface area contributed by atoms with Gasteiger partial charge in [-0.05, 0) is 42.3 Å². The maximum absolute atomic E-state index is 12.4. The third-order valence-corrected chi connectivity index (χ3v) is 5.75. The molecule has 0 bridgehead atoms. The van der Waals surface area contributed by atoms with Crippen LogP contribution in [-0.4, -0.2) is 53.8 Å². The molecule has 1 aromatic heterocycles. The Balaban J connectivity index is 1.95. The number of ketones is 1. The Morgan fingerprint density at radius 2 is 1.90 bits per heavy atom. The molecule has 2 aromatic rings. The van der Waals surface area contributed by atoms with Crippen LogP contribution >= 0.6 is 11.3 Å². The number of Topliss-reactive ketones (excluding diaryl/α,β-unsaturated/α-hetero) is 1. The molecule has 0 saturated heterocycles. The highest BCUT2D eigenvalue weighted by Gasteiger charge is 2.13. The third-order valence-electron chi connectivity index (χ3n) is 3.83. The van der Waals surface area contributed by atoms with E-state index in [1.165, 1.54) is 31.6 Å². The number of hydrogen-bond acceptors (Lipinski definition) is 8. The van der Waals surface area contributed by atoms with Gasteiger partial charge in [0, 0.05) is 17.5 Å². The summed E-state index contributed by atoms with van der Waals surface area (Å²) in [5.74, 6) is 0.157. The highest BCUT2D eigenvalue weighted by atomic mass is 32.2. The number of nitrogens with one attached hydrogen (secondary N) is 1. The predicted molar refractivity (Wildman–Crippen MR) is 115 cm³/mol. The van der Waals surface area contributed by atoms with Crippen LogP contribution in [0.5, 0.6) is 11.5 Å². The molecule has 0 radical (unpaired) electrons. The summed E-state index contributed by atoms with van der Waals surface area (Å²) in [5.41, 5.74) is 0.710. The summed E-state index contributed by atoms with van der Waals surface area (Å²) in [6.45, 7) is 0.104. The lowest BCUT2D eigenvalue weighted by Crippen LogP contribution is -2.24. The number of carbonyl (C=O) groups is 2. The van der Waals surface area contributed by atoms with Crippen molar-refractivity contribution in [2.24, 2.45) is 0 Å². The molecule has 0 aliphatic heterocycles. The van der Waals surface area contributed by atoms with Crippen LogP contribution in [0, 0.1) is 0 Å². The molecule has 1 heterocycles. The summed E-state index contributed by atoms with van der Waals surface area (Å²) in [6.07, 6.45) is 4.47. The SMILES string of the molecule is COC(=O)/C=C/c1ccc(OCC(=O)c2ccc(CCNS(C)(=O)=O)s2)c(OC)c1. The maximum Gasteiger partial charge on any atom is 0.330 e. The number of rotatable bonds is 11. The van der Waals surface area contributed by atoms with E-state index in [0.29, 0.717) is 28.4 Å². The molecule has 1 N–H and O–H groups in total. The predicted octanol–water partition coefficient (Wildman–Crippen LogP) is 2.30. The quantitative estimate of drug-likeness (QED) is 0.316. The summed E-state index contributed by atoms with van der Waals surface area (Å²) >= 11 is 1.30. The van der Waals surface area contributed by atoms with E-state index in [9.17, 15) is 18.0 Å². The number of benzene rings is 1. The smallest absolute Gasteiger partial charge is 0.330 e. The zero-order valence-corrected chi connectivity index (χ0v) is 18.5. The first-order chi connectivity index (χ1) is 14.2. The molecule has 0 unspecified atom stereocenters. The summed E-state index contributed by atoms with van der Waals surface area (Å²) in [4.78, 5) is 25.0. The van der Waals surface area contributed by atoms with Crippen LogP contribution in [0.3, 0.4) is 0 Å². The minimum Gasteiger partial charge on any atom is -0.493 e. The van der Waals surface area contributed by atoms with Gasteiger partial charge in [0.15, 0.2) is 18.1 Å². The normalized spacial score (nSPS) is 11.4. The number of sulfonamides is 1. The van der Waals surface area contributed by atoms with Gasteiger partial charge in [0.05, 0.1) is 25.4 Å². The molecule has 0 fully saturated rings. The Morgan fingerprint density at radius 1 is 1.13 bits per heavy atom. The number of esters is 1. The first-order valence-corrected chi connectivity index (χ1v) is 11.6. The van der Waals surface area contributed by atoms with Crippen LogP contribution in [-0.2, 0) is 26.0 Å². The first kappa shape index (κ1) is 23.6. The van der Waals surface area contributed by atoms with Crippen LogP contribution in [0.1, 0.15) is 20.1 Å². The second-order valence-corrected chi connectivity index (χ2v) is 9.16. The zero-order chi connectivity index (χ0) is 22.1. The van der Waals surface area contributed by atoms with E-state index in [1.54, 1.807) is 36.4 Å². The lowest BCUT2D eigenvalue weighted by atomic mass is 10.2. The van der Waals surface area contributed by atoms with E-state index >= 15 is 0 Å². The number of thiophene rings is 1. The highest BCUT2D eigenvalue weighted by Crippen LogP contribution is 2.29. The monoisotopic (exact) mass is 453 g/mol. The van der Waals surface area contributed by atoms with Gasteiger partial charge in [0.25, 0.3) is 0 Å². The van der Waals surface area contributed by atoms with E-state index in [-0.39, 0.29) is 18.9 Å². The second-order valence-electron chi connectivity index (χ2n) is 6.16. The van der Waals surface area contributed by atoms with Gasteiger partial charge in [-0.1, -0.05) is 6.07 Å². The highest BCUT2D eigenvalue weighted by molar-refractivity contribution is 7.88. The van der Waals surface area contributed by atoms with Gasteiger partial charge in [-0.25, -0.2) is 17.9 Å². The molecular formula is C20H23NO7S2. The number of carbonyl (C=O) groups excluding carboxylic acids is 2. The van der Waals surface area contributed by atoms with Gasteiger partial charge in [-0.3, -0.25) is 4.79 Å². The van der Waals surface area contributed by atoms with Crippen LogP contribution < -0.4 is 14.2 Å². The van der Waals surface area contributed by atoms with Crippen LogP contribution in [0.2, 0.25) is 0 Å². The van der Waals surface area contributed by atoms with Crippen molar-refractivity contribution < 1.29 is 32.2 Å². The Labute approximate surface area is 179 Å². The topological polar surface area (TPSA) is 108 Å². The summed E-state index contributed by atoms with van der Waals surface area (Å²) in [5, 5.41) is 0. The van der Waals surface area contributed by atoms with Crippen LogP contribution in [0.15, 0.2) is 36.4 Å². The van der Waals surface area contributed by atoms with E-state index in [4.69, 9.17) is 9.47 Å². The maximum atomic E-state index is 12.4. The zero-order valence-electron chi connectivity index (χ0n) is 16.8. The number of ether oxygens (including phenoxy) is 3. The fraction of sp³-hybridized carbons (Fsp3) is 0.300.